The summed E-state index contributed by atoms with van der Waals surface area (Å²) in [6.45, 7) is 4.48. The molecular weight excluding hydrogens is 330 g/mol. The molecule has 1 amide bonds. The molecule has 1 aromatic carbocycles. The zero-order valence-electron chi connectivity index (χ0n) is 13.4. The summed E-state index contributed by atoms with van der Waals surface area (Å²) in [4.78, 5) is 15.0. The number of ether oxygens (including phenoxy) is 1. The van der Waals surface area contributed by atoms with Crippen LogP contribution in [0.25, 0.3) is 0 Å². The molecule has 128 valence electrons. The highest BCUT2D eigenvalue weighted by molar-refractivity contribution is 7.92. The number of hydrazone groups is 1. The molecule has 0 aromatic heterocycles. The van der Waals surface area contributed by atoms with Crippen LogP contribution in [0.3, 0.4) is 0 Å². The molecule has 24 heavy (non-hydrogen) atoms. The molecule has 7 nitrogen and oxygen atoms in total. The SMILES string of the molecule is CC12C=NN(C(=O)CN3CCOCC3)C1S(=O)(=O)c1ccccc12. The largest absolute Gasteiger partial charge is 0.379 e. The lowest BCUT2D eigenvalue weighted by Crippen LogP contribution is -2.49. The van der Waals surface area contributed by atoms with E-state index < -0.39 is 20.6 Å². The summed E-state index contributed by atoms with van der Waals surface area (Å²) in [6.07, 6.45) is 1.60. The van der Waals surface area contributed by atoms with Crippen molar-refractivity contribution in [2.45, 2.75) is 22.6 Å². The monoisotopic (exact) mass is 349 g/mol. The number of hydrogen-bond donors (Lipinski definition) is 0. The molecule has 8 heteroatoms. The van der Waals surface area contributed by atoms with E-state index >= 15 is 0 Å². The van der Waals surface area contributed by atoms with Gasteiger partial charge in [-0.2, -0.15) is 5.10 Å². The van der Waals surface area contributed by atoms with Crippen molar-refractivity contribution >= 4 is 22.0 Å². The van der Waals surface area contributed by atoms with Crippen molar-refractivity contribution in [3.8, 4) is 0 Å². The second-order valence-corrected chi connectivity index (χ2v) is 8.52. The van der Waals surface area contributed by atoms with Gasteiger partial charge in [0, 0.05) is 19.3 Å². The van der Waals surface area contributed by atoms with Gasteiger partial charge in [0.2, 0.25) is 9.84 Å². The van der Waals surface area contributed by atoms with Gasteiger partial charge in [0.25, 0.3) is 5.91 Å². The van der Waals surface area contributed by atoms with E-state index in [1.54, 1.807) is 24.4 Å². The van der Waals surface area contributed by atoms with Gasteiger partial charge in [-0.3, -0.25) is 9.69 Å². The molecule has 3 aliphatic rings. The molecule has 0 N–H and O–H groups in total. The summed E-state index contributed by atoms with van der Waals surface area (Å²) >= 11 is 0. The van der Waals surface area contributed by atoms with Crippen LogP contribution in [-0.4, -0.2) is 68.7 Å². The molecule has 0 spiro atoms. The number of benzene rings is 1. The first-order valence-electron chi connectivity index (χ1n) is 7.95. The van der Waals surface area contributed by atoms with Crippen molar-refractivity contribution in [2.24, 2.45) is 5.10 Å². The van der Waals surface area contributed by atoms with Gasteiger partial charge in [0.15, 0.2) is 5.37 Å². The molecule has 0 saturated carbocycles. The molecule has 0 radical (unpaired) electrons. The molecule has 1 fully saturated rings. The number of sulfone groups is 1. The molecule has 1 saturated heterocycles. The number of fused-ring (bicyclic) bond motifs is 3. The minimum absolute atomic E-state index is 0.152. The predicted octanol–water partition coefficient (Wildman–Crippen LogP) is 0.218. The van der Waals surface area contributed by atoms with Gasteiger partial charge in [-0.25, -0.2) is 13.4 Å². The highest BCUT2D eigenvalue weighted by Crippen LogP contribution is 2.48. The highest BCUT2D eigenvalue weighted by atomic mass is 32.2. The van der Waals surface area contributed by atoms with Gasteiger partial charge < -0.3 is 4.74 Å². The second kappa shape index (κ2) is 5.37. The summed E-state index contributed by atoms with van der Waals surface area (Å²) in [5.41, 5.74) is -0.0868. The Morgan fingerprint density at radius 3 is 2.79 bits per heavy atom. The number of carbonyl (C=O) groups excluding carboxylic acids is 1. The normalized spacial score (nSPS) is 31.0. The fourth-order valence-electron chi connectivity index (χ4n) is 3.72. The summed E-state index contributed by atoms with van der Waals surface area (Å²) < 4.78 is 31.2. The van der Waals surface area contributed by atoms with Crippen LogP contribution in [0, 0.1) is 0 Å². The third-order valence-electron chi connectivity index (χ3n) is 4.97. The van der Waals surface area contributed by atoms with Crippen molar-refractivity contribution in [3.05, 3.63) is 29.8 Å². The van der Waals surface area contributed by atoms with Gasteiger partial charge >= 0.3 is 0 Å². The molecular formula is C16H19N3O4S. The maximum absolute atomic E-state index is 13.0. The highest BCUT2D eigenvalue weighted by Gasteiger charge is 2.59. The Morgan fingerprint density at radius 2 is 2.04 bits per heavy atom. The van der Waals surface area contributed by atoms with Gasteiger partial charge in [-0.1, -0.05) is 18.2 Å². The first kappa shape index (κ1) is 15.7. The molecule has 1 aromatic rings. The van der Waals surface area contributed by atoms with Crippen LogP contribution in [0.15, 0.2) is 34.3 Å². The Balaban J connectivity index is 1.65. The van der Waals surface area contributed by atoms with Crippen molar-refractivity contribution in [1.29, 1.82) is 0 Å². The number of hydrogen-bond acceptors (Lipinski definition) is 6. The van der Waals surface area contributed by atoms with Crippen molar-refractivity contribution in [3.63, 3.8) is 0 Å². The van der Waals surface area contributed by atoms with Crippen LogP contribution in [0.4, 0.5) is 0 Å². The smallest absolute Gasteiger partial charge is 0.258 e. The maximum Gasteiger partial charge on any atom is 0.258 e. The van der Waals surface area contributed by atoms with E-state index in [4.69, 9.17) is 4.74 Å². The van der Waals surface area contributed by atoms with Crippen LogP contribution in [0.5, 0.6) is 0 Å². The second-order valence-electron chi connectivity index (χ2n) is 6.55. The van der Waals surface area contributed by atoms with Crippen LogP contribution in [-0.2, 0) is 24.8 Å². The zero-order valence-corrected chi connectivity index (χ0v) is 14.2. The Bertz CT molecular complexity index is 816. The van der Waals surface area contributed by atoms with E-state index in [2.05, 4.69) is 5.10 Å². The number of carbonyl (C=O) groups is 1. The minimum Gasteiger partial charge on any atom is -0.379 e. The van der Waals surface area contributed by atoms with Crippen molar-refractivity contribution < 1.29 is 17.9 Å². The quantitative estimate of drug-likeness (QED) is 0.763. The van der Waals surface area contributed by atoms with E-state index in [9.17, 15) is 13.2 Å². The summed E-state index contributed by atoms with van der Waals surface area (Å²) in [5, 5.41) is 4.34. The maximum atomic E-state index is 13.0. The van der Waals surface area contributed by atoms with Crippen molar-refractivity contribution in [1.82, 2.24) is 9.91 Å². The van der Waals surface area contributed by atoms with Crippen LogP contribution < -0.4 is 0 Å². The Hall–Kier alpha value is -1.77. The molecule has 4 rings (SSSR count). The minimum atomic E-state index is -3.64. The van der Waals surface area contributed by atoms with Gasteiger partial charge in [-0.05, 0) is 18.6 Å². The van der Waals surface area contributed by atoms with E-state index in [-0.39, 0.29) is 12.5 Å². The lowest BCUT2D eigenvalue weighted by Gasteiger charge is -2.30. The topological polar surface area (TPSA) is 79.3 Å². The first-order chi connectivity index (χ1) is 11.4. The number of morpholine rings is 1. The third-order valence-corrected chi connectivity index (χ3v) is 7.22. The Morgan fingerprint density at radius 1 is 1.33 bits per heavy atom. The lowest BCUT2D eigenvalue weighted by molar-refractivity contribution is -0.134. The molecule has 0 aliphatic carbocycles. The standard InChI is InChI=1S/C16H19N3O4S/c1-16-11-17-19(14(20)10-18-6-8-23-9-7-18)15(16)24(21,22)13-5-3-2-4-12(13)16/h2-5,11,15H,6-10H2,1H3. The first-order valence-corrected chi connectivity index (χ1v) is 9.50. The summed E-state index contributed by atoms with van der Waals surface area (Å²) in [6, 6.07) is 6.92. The average molecular weight is 349 g/mol. The number of nitrogens with zero attached hydrogens (tertiary/aromatic N) is 3. The summed E-state index contributed by atoms with van der Waals surface area (Å²) in [5.74, 6) is -0.293. The fraction of sp³-hybridized carbons (Fsp3) is 0.500. The lowest BCUT2D eigenvalue weighted by atomic mass is 9.84. The van der Waals surface area contributed by atoms with E-state index in [1.807, 2.05) is 17.9 Å². The summed E-state index contributed by atoms with van der Waals surface area (Å²) in [7, 11) is -3.64. The Kier molecular flexibility index (Phi) is 3.52. The molecule has 3 heterocycles. The molecule has 2 unspecified atom stereocenters. The Labute approximate surface area is 140 Å². The van der Waals surface area contributed by atoms with E-state index in [0.717, 1.165) is 5.01 Å². The number of amides is 1. The zero-order chi connectivity index (χ0) is 16.9. The fourth-order valence-corrected chi connectivity index (χ4v) is 6.09. The number of rotatable bonds is 2. The predicted molar refractivity (Wildman–Crippen MR) is 87.4 cm³/mol. The van der Waals surface area contributed by atoms with Gasteiger partial charge in [0.1, 0.15) is 0 Å². The van der Waals surface area contributed by atoms with Crippen LogP contribution >= 0.6 is 0 Å². The van der Waals surface area contributed by atoms with Crippen molar-refractivity contribution in [2.75, 3.05) is 32.8 Å². The van der Waals surface area contributed by atoms with Crippen LogP contribution in [0.1, 0.15) is 12.5 Å². The van der Waals surface area contributed by atoms with Crippen LogP contribution in [0.2, 0.25) is 0 Å². The van der Waals surface area contributed by atoms with E-state index in [1.165, 1.54) is 0 Å². The third kappa shape index (κ3) is 2.13. The molecule has 0 bridgehead atoms. The van der Waals surface area contributed by atoms with Gasteiger partial charge in [-0.15, -0.1) is 0 Å². The molecule has 3 aliphatic heterocycles. The average Bonchev–Trinajstić information content (AvgIpc) is 3.02. The van der Waals surface area contributed by atoms with E-state index in [0.29, 0.717) is 36.8 Å². The molecule has 2 atom stereocenters. The van der Waals surface area contributed by atoms with Gasteiger partial charge in [0.05, 0.1) is 30.1 Å².